The first kappa shape index (κ1) is 32.4. The van der Waals surface area contributed by atoms with Crippen LogP contribution >= 0.6 is 0 Å². The summed E-state index contributed by atoms with van der Waals surface area (Å²) < 4.78 is 42.7. The highest BCUT2D eigenvalue weighted by molar-refractivity contribution is 7.92. The minimum atomic E-state index is -4.30. The highest BCUT2D eigenvalue weighted by atomic mass is 32.2. The molecule has 9 heteroatoms. The van der Waals surface area contributed by atoms with E-state index in [0.717, 1.165) is 38.7 Å². The number of aryl methyl sites for hydroxylation is 2. The Morgan fingerprint density at radius 3 is 2.05 bits per heavy atom. The van der Waals surface area contributed by atoms with Gasteiger partial charge in [-0.2, -0.15) is 0 Å². The van der Waals surface area contributed by atoms with E-state index in [9.17, 15) is 22.4 Å². The molecule has 0 radical (unpaired) electrons. The molecule has 0 saturated heterocycles. The second-order valence-electron chi connectivity index (χ2n) is 11.1. The number of sulfonamides is 1. The molecule has 0 aliphatic heterocycles. The molecule has 0 saturated carbocycles. The summed E-state index contributed by atoms with van der Waals surface area (Å²) in [4.78, 5) is 29.5. The van der Waals surface area contributed by atoms with E-state index in [2.05, 4.69) is 5.32 Å². The lowest BCUT2D eigenvalue weighted by atomic mass is 10.0. The van der Waals surface area contributed by atoms with Crippen LogP contribution in [0.3, 0.4) is 0 Å². The van der Waals surface area contributed by atoms with Crippen molar-refractivity contribution < 1.29 is 22.4 Å². The number of carbonyl (C=O) groups excluding carboxylic acids is 2. The molecule has 4 aromatic rings. The van der Waals surface area contributed by atoms with Gasteiger partial charge in [-0.05, 0) is 80.8 Å². The Hall–Kier alpha value is -4.50. The summed E-state index contributed by atoms with van der Waals surface area (Å²) in [6.45, 7) is 7.01. The minimum absolute atomic E-state index is 0.0901. The van der Waals surface area contributed by atoms with Gasteiger partial charge in [0.05, 0.1) is 10.6 Å². The fourth-order valence-electron chi connectivity index (χ4n) is 4.88. The van der Waals surface area contributed by atoms with E-state index in [1.807, 2.05) is 82.3 Å². The third-order valence-electron chi connectivity index (χ3n) is 7.31. The van der Waals surface area contributed by atoms with Crippen LogP contribution < -0.4 is 9.62 Å². The summed E-state index contributed by atoms with van der Waals surface area (Å²) in [6, 6.07) is 27.1. The second kappa shape index (κ2) is 14.3. The maximum atomic E-state index is 14.4. The zero-order valence-corrected chi connectivity index (χ0v) is 26.2. The summed E-state index contributed by atoms with van der Waals surface area (Å²) in [5.74, 6) is -1.47. The van der Waals surface area contributed by atoms with E-state index in [1.54, 1.807) is 24.3 Å². The SMILES string of the molecule is Cc1ccc(N(CC(=O)N(Cc2ccccc2C)C(Cc2ccccc2)C(=O)NC(C)C)S(=O)(=O)c2ccc(F)cc2)cc1. The van der Waals surface area contributed by atoms with E-state index >= 15 is 0 Å². The first-order chi connectivity index (χ1) is 21.0. The number of amides is 2. The van der Waals surface area contributed by atoms with Crippen molar-refractivity contribution >= 4 is 27.5 Å². The number of anilines is 1. The van der Waals surface area contributed by atoms with Gasteiger partial charge < -0.3 is 10.2 Å². The predicted molar refractivity (Wildman–Crippen MR) is 171 cm³/mol. The second-order valence-corrected chi connectivity index (χ2v) is 13.0. The molecule has 1 unspecified atom stereocenters. The van der Waals surface area contributed by atoms with Crippen molar-refractivity contribution in [2.24, 2.45) is 0 Å². The molecule has 7 nitrogen and oxygen atoms in total. The molecule has 4 aromatic carbocycles. The maximum absolute atomic E-state index is 14.4. The predicted octanol–water partition coefficient (Wildman–Crippen LogP) is 5.80. The van der Waals surface area contributed by atoms with Crippen LogP contribution in [-0.4, -0.2) is 43.8 Å². The Labute approximate surface area is 259 Å². The van der Waals surface area contributed by atoms with Crippen LogP contribution in [0.25, 0.3) is 0 Å². The van der Waals surface area contributed by atoms with Gasteiger partial charge in [0.1, 0.15) is 18.4 Å². The highest BCUT2D eigenvalue weighted by Gasteiger charge is 2.35. The number of benzene rings is 4. The molecular weight excluding hydrogens is 577 g/mol. The standard InChI is InChI=1S/C35H38FN3O4S/c1-25(2)37-35(41)33(22-28-11-6-5-7-12-28)38(23-29-13-9-8-10-27(29)4)34(40)24-39(31-18-14-26(3)15-19-31)44(42,43)32-20-16-30(36)17-21-32/h5-21,25,33H,22-24H2,1-4H3,(H,37,41). The Kier molecular flexibility index (Phi) is 10.5. The lowest BCUT2D eigenvalue weighted by molar-refractivity contribution is -0.140. The summed E-state index contributed by atoms with van der Waals surface area (Å²) >= 11 is 0. The first-order valence-electron chi connectivity index (χ1n) is 14.5. The van der Waals surface area contributed by atoms with Gasteiger partial charge in [-0.3, -0.25) is 13.9 Å². The van der Waals surface area contributed by atoms with Crippen LogP contribution in [0.4, 0.5) is 10.1 Å². The van der Waals surface area contributed by atoms with Crippen molar-refractivity contribution in [3.63, 3.8) is 0 Å². The zero-order valence-electron chi connectivity index (χ0n) is 25.4. The first-order valence-corrected chi connectivity index (χ1v) is 15.9. The minimum Gasteiger partial charge on any atom is -0.352 e. The molecule has 2 amide bonds. The largest absolute Gasteiger partial charge is 0.352 e. The molecule has 0 fully saturated rings. The number of hydrogen-bond acceptors (Lipinski definition) is 4. The monoisotopic (exact) mass is 615 g/mol. The van der Waals surface area contributed by atoms with Crippen LogP contribution in [0.2, 0.25) is 0 Å². The molecule has 0 aromatic heterocycles. The summed E-state index contributed by atoms with van der Waals surface area (Å²) in [6.07, 6.45) is 0.228. The lowest BCUT2D eigenvalue weighted by Gasteiger charge is -2.34. The number of hydrogen-bond donors (Lipinski definition) is 1. The van der Waals surface area contributed by atoms with Gasteiger partial charge in [-0.1, -0.05) is 72.3 Å². The molecule has 44 heavy (non-hydrogen) atoms. The van der Waals surface area contributed by atoms with Crippen molar-refractivity contribution in [1.29, 1.82) is 0 Å². The van der Waals surface area contributed by atoms with Crippen LogP contribution in [-0.2, 0) is 32.6 Å². The molecule has 0 spiro atoms. The zero-order chi connectivity index (χ0) is 31.9. The van der Waals surface area contributed by atoms with E-state index in [4.69, 9.17) is 0 Å². The van der Waals surface area contributed by atoms with Crippen molar-refractivity contribution in [3.8, 4) is 0 Å². The smallest absolute Gasteiger partial charge is 0.264 e. The topological polar surface area (TPSA) is 86.8 Å². The van der Waals surface area contributed by atoms with E-state index in [0.29, 0.717) is 0 Å². The van der Waals surface area contributed by atoms with Crippen LogP contribution in [0, 0.1) is 19.7 Å². The molecule has 1 atom stereocenters. The van der Waals surface area contributed by atoms with Crippen LogP contribution in [0.5, 0.6) is 0 Å². The van der Waals surface area contributed by atoms with Crippen molar-refractivity contribution in [1.82, 2.24) is 10.2 Å². The molecule has 0 heterocycles. The third kappa shape index (κ3) is 8.11. The van der Waals surface area contributed by atoms with Crippen LogP contribution in [0.15, 0.2) is 108 Å². The average molecular weight is 616 g/mol. The summed E-state index contributed by atoms with van der Waals surface area (Å²) in [7, 11) is -4.30. The van der Waals surface area contributed by atoms with Crippen LogP contribution in [0.1, 0.15) is 36.1 Å². The lowest BCUT2D eigenvalue weighted by Crippen LogP contribution is -2.54. The van der Waals surface area contributed by atoms with Crippen molar-refractivity contribution in [3.05, 3.63) is 131 Å². The molecule has 4 rings (SSSR count). The number of halogens is 1. The van der Waals surface area contributed by atoms with E-state index < -0.39 is 34.3 Å². The van der Waals surface area contributed by atoms with E-state index in [-0.39, 0.29) is 35.5 Å². The maximum Gasteiger partial charge on any atom is 0.264 e. The van der Waals surface area contributed by atoms with Gasteiger partial charge in [0.15, 0.2) is 0 Å². The average Bonchev–Trinajstić information content (AvgIpc) is 2.99. The number of carbonyl (C=O) groups is 2. The number of nitrogens with zero attached hydrogens (tertiary/aromatic N) is 2. The molecule has 1 N–H and O–H groups in total. The molecule has 0 aliphatic carbocycles. The Morgan fingerprint density at radius 2 is 1.43 bits per heavy atom. The quantitative estimate of drug-likeness (QED) is 0.218. The number of rotatable bonds is 12. The van der Waals surface area contributed by atoms with Gasteiger partial charge in [0.2, 0.25) is 11.8 Å². The van der Waals surface area contributed by atoms with Gasteiger partial charge in [0, 0.05) is 19.0 Å². The molecular formula is C35H38FN3O4S. The fourth-order valence-corrected chi connectivity index (χ4v) is 6.29. The summed E-state index contributed by atoms with van der Waals surface area (Å²) in [5, 5.41) is 2.95. The van der Waals surface area contributed by atoms with Crippen molar-refractivity contribution in [2.45, 2.75) is 57.6 Å². The van der Waals surface area contributed by atoms with Gasteiger partial charge in [0.25, 0.3) is 10.0 Å². The summed E-state index contributed by atoms with van der Waals surface area (Å²) in [5.41, 5.74) is 3.80. The third-order valence-corrected chi connectivity index (χ3v) is 9.09. The molecule has 0 bridgehead atoms. The Balaban J connectivity index is 1.81. The Bertz CT molecular complexity index is 1680. The normalized spacial score (nSPS) is 12.0. The fraction of sp³-hybridized carbons (Fsp3) is 0.257. The van der Waals surface area contributed by atoms with Crippen molar-refractivity contribution in [2.75, 3.05) is 10.8 Å². The number of nitrogens with one attached hydrogen (secondary N) is 1. The molecule has 230 valence electrons. The van der Waals surface area contributed by atoms with E-state index in [1.165, 1.54) is 17.0 Å². The van der Waals surface area contributed by atoms with Gasteiger partial charge in [-0.25, -0.2) is 12.8 Å². The highest BCUT2D eigenvalue weighted by Crippen LogP contribution is 2.26. The van der Waals surface area contributed by atoms with Gasteiger partial charge >= 0.3 is 0 Å². The molecule has 0 aliphatic rings. The Morgan fingerprint density at radius 1 is 0.818 bits per heavy atom. The van der Waals surface area contributed by atoms with Gasteiger partial charge in [-0.15, -0.1) is 0 Å².